The van der Waals surface area contributed by atoms with Gasteiger partial charge < -0.3 is 9.88 Å². The smallest absolute Gasteiger partial charge is 0.254 e. The summed E-state index contributed by atoms with van der Waals surface area (Å²) in [6.07, 6.45) is 2.83. The molecule has 1 aliphatic heterocycles. The van der Waals surface area contributed by atoms with Gasteiger partial charge in [0.25, 0.3) is 5.91 Å². The molecule has 3 rings (SSSR count). The van der Waals surface area contributed by atoms with Gasteiger partial charge in [0.1, 0.15) is 11.8 Å². The second kappa shape index (κ2) is 7.49. The van der Waals surface area contributed by atoms with Crippen LogP contribution in [-0.2, 0) is 6.54 Å². The fourth-order valence-electron chi connectivity index (χ4n) is 3.33. The molecule has 6 heteroatoms. The fourth-order valence-corrected chi connectivity index (χ4v) is 3.33. The van der Waals surface area contributed by atoms with Crippen molar-refractivity contribution in [2.75, 3.05) is 26.2 Å². The maximum atomic E-state index is 12.8. The first-order valence-electron chi connectivity index (χ1n) is 8.59. The molecule has 0 aliphatic carbocycles. The number of nitrogens with zero attached hydrogens (tertiary/aromatic N) is 4. The summed E-state index contributed by atoms with van der Waals surface area (Å²) < 4.78 is 0. The summed E-state index contributed by atoms with van der Waals surface area (Å²) in [6, 6.07) is 7.72. The molecule has 1 saturated heterocycles. The van der Waals surface area contributed by atoms with Gasteiger partial charge in [0.2, 0.25) is 0 Å². The molecule has 0 radical (unpaired) electrons. The highest BCUT2D eigenvalue weighted by Gasteiger charge is 2.21. The third-order valence-corrected chi connectivity index (χ3v) is 4.47. The molecule has 2 aromatic rings. The van der Waals surface area contributed by atoms with Crippen molar-refractivity contribution in [3.05, 3.63) is 52.6 Å². The van der Waals surface area contributed by atoms with Crippen molar-refractivity contribution in [1.82, 2.24) is 19.8 Å². The number of hydrogen-bond acceptors (Lipinski definition) is 4. The Labute approximate surface area is 148 Å². The van der Waals surface area contributed by atoms with Crippen LogP contribution >= 0.6 is 0 Å². The molecule has 1 N–H and O–H groups in total. The maximum absolute atomic E-state index is 12.8. The number of pyridine rings is 1. The molecule has 0 saturated carbocycles. The molecule has 3 heterocycles. The minimum absolute atomic E-state index is 0.0869. The summed E-state index contributed by atoms with van der Waals surface area (Å²) >= 11 is 0. The van der Waals surface area contributed by atoms with Crippen LogP contribution in [0.4, 0.5) is 0 Å². The first-order valence-corrected chi connectivity index (χ1v) is 8.59. The van der Waals surface area contributed by atoms with E-state index in [0.717, 1.165) is 61.7 Å². The molecule has 130 valence electrons. The molecule has 1 fully saturated rings. The highest BCUT2D eigenvalue weighted by molar-refractivity contribution is 5.94. The summed E-state index contributed by atoms with van der Waals surface area (Å²) in [6.45, 7) is 7.91. The lowest BCUT2D eigenvalue weighted by Gasteiger charge is -2.22. The van der Waals surface area contributed by atoms with Gasteiger partial charge >= 0.3 is 0 Å². The fraction of sp³-hybridized carbons (Fsp3) is 0.421. The Hall–Kier alpha value is -2.65. The summed E-state index contributed by atoms with van der Waals surface area (Å²) in [7, 11) is 0. The van der Waals surface area contributed by atoms with Crippen LogP contribution in [0.1, 0.15) is 39.4 Å². The van der Waals surface area contributed by atoms with Crippen LogP contribution in [0.2, 0.25) is 0 Å². The van der Waals surface area contributed by atoms with Gasteiger partial charge in [-0.3, -0.25) is 14.7 Å². The lowest BCUT2D eigenvalue weighted by atomic mass is 10.1. The zero-order valence-corrected chi connectivity index (χ0v) is 14.7. The molecule has 1 amide bonds. The zero-order valence-electron chi connectivity index (χ0n) is 14.7. The molecule has 0 aromatic carbocycles. The number of nitriles is 1. The monoisotopic (exact) mass is 337 g/mol. The zero-order chi connectivity index (χ0) is 17.8. The average molecular weight is 337 g/mol. The molecular formula is C19H23N5O. The van der Waals surface area contributed by atoms with Crippen molar-refractivity contribution in [2.24, 2.45) is 0 Å². The Balaban J connectivity index is 1.62. The van der Waals surface area contributed by atoms with Crippen LogP contribution in [0.5, 0.6) is 0 Å². The van der Waals surface area contributed by atoms with E-state index in [1.165, 1.54) is 0 Å². The number of aryl methyl sites for hydroxylation is 2. The Morgan fingerprint density at radius 3 is 2.64 bits per heavy atom. The highest BCUT2D eigenvalue weighted by atomic mass is 16.2. The van der Waals surface area contributed by atoms with Crippen LogP contribution < -0.4 is 0 Å². The molecule has 0 spiro atoms. The van der Waals surface area contributed by atoms with Crippen LogP contribution in [0.15, 0.2) is 24.4 Å². The predicted molar refractivity (Wildman–Crippen MR) is 95.0 cm³/mol. The number of nitrogens with one attached hydrogen (secondary N) is 1. The topological polar surface area (TPSA) is 76.0 Å². The van der Waals surface area contributed by atoms with Crippen molar-refractivity contribution in [1.29, 1.82) is 5.26 Å². The number of H-pyrrole nitrogens is 1. The second-order valence-corrected chi connectivity index (χ2v) is 6.59. The van der Waals surface area contributed by atoms with Crippen LogP contribution in [0.25, 0.3) is 0 Å². The molecule has 6 nitrogen and oxygen atoms in total. The minimum atomic E-state index is 0.0869. The van der Waals surface area contributed by atoms with Crippen molar-refractivity contribution in [3.8, 4) is 6.07 Å². The summed E-state index contributed by atoms with van der Waals surface area (Å²) in [5, 5.41) is 8.90. The van der Waals surface area contributed by atoms with E-state index in [1.807, 2.05) is 43.1 Å². The Morgan fingerprint density at radius 2 is 1.96 bits per heavy atom. The van der Waals surface area contributed by atoms with Gasteiger partial charge in [-0.2, -0.15) is 5.26 Å². The van der Waals surface area contributed by atoms with Gasteiger partial charge in [-0.05, 0) is 44.0 Å². The van der Waals surface area contributed by atoms with Crippen LogP contribution in [0, 0.1) is 25.2 Å². The van der Waals surface area contributed by atoms with E-state index in [9.17, 15) is 4.79 Å². The standard InChI is InChI=1S/C19H23N5O/c1-14-8-17(9-15(2)22-14)19(25)24-5-3-4-23(6-7-24)13-16-10-18(11-20)21-12-16/h8-10,12,21H,3-7,13H2,1-2H3. The largest absolute Gasteiger partial charge is 0.353 e. The SMILES string of the molecule is Cc1cc(C(=O)N2CCCN(Cc3c[nH]c(C#N)c3)CC2)cc(C)n1. The molecular weight excluding hydrogens is 314 g/mol. The van der Waals surface area contributed by atoms with Gasteiger partial charge in [-0.25, -0.2) is 0 Å². The maximum Gasteiger partial charge on any atom is 0.254 e. The van der Waals surface area contributed by atoms with E-state index in [4.69, 9.17) is 5.26 Å². The average Bonchev–Trinajstić information content (AvgIpc) is 2.90. The summed E-state index contributed by atoms with van der Waals surface area (Å²) in [5.41, 5.74) is 4.17. The van der Waals surface area contributed by atoms with Crippen LogP contribution in [0.3, 0.4) is 0 Å². The Kier molecular flexibility index (Phi) is 5.15. The molecule has 0 unspecified atom stereocenters. The number of aromatic amines is 1. The number of carbonyl (C=O) groups excluding carboxylic acids is 1. The molecule has 0 bridgehead atoms. The van der Waals surface area contributed by atoms with Crippen molar-refractivity contribution < 1.29 is 4.79 Å². The van der Waals surface area contributed by atoms with E-state index >= 15 is 0 Å². The van der Waals surface area contributed by atoms with Gasteiger partial charge in [-0.15, -0.1) is 0 Å². The minimum Gasteiger partial charge on any atom is -0.353 e. The van der Waals surface area contributed by atoms with Crippen molar-refractivity contribution in [2.45, 2.75) is 26.8 Å². The van der Waals surface area contributed by atoms with Crippen LogP contribution in [-0.4, -0.2) is 51.9 Å². The summed E-state index contributed by atoms with van der Waals surface area (Å²) in [5.74, 6) is 0.0869. The Morgan fingerprint density at radius 1 is 1.20 bits per heavy atom. The van der Waals surface area contributed by atoms with Gasteiger partial charge in [0.15, 0.2) is 0 Å². The number of hydrogen-bond donors (Lipinski definition) is 1. The highest BCUT2D eigenvalue weighted by Crippen LogP contribution is 2.14. The number of aromatic nitrogens is 2. The van der Waals surface area contributed by atoms with Crippen molar-refractivity contribution in [3.63, 3.8) is 0 Å². The van der Waals surface area contributed by atoms with E-state index in [2.05, 4.69) is 20.9 Å². The lowest BCUT2D eigenvalue weighted by molar-refractivity contribution is 0.0760. The normalized spacial score (nSPS) is 15.6. The number of amides is 1. The molecule has 2 aromatic heterocycles. The van der Waals surface area contributed by atoms with E-state index in [-0.39, 0.29) is 5.91 Å². The lowest BCUT2D eigenvalue weighted by Crippen LogP contribution is -2.35. The number of carbonyl (C=O) groups is 1. The number of rotatable bonds is 3. The van der Waals surface area contributed by atoms with E-state index < -0.39 is 0 Å². The third kappa shape index (κ3) is 4.25. The second-order valence-electron chi connectivity index (χ2n) is 6.59. The first-order chi connectivity index (χ1) is 12.0. The quantitative estimate of drug-likeness (QED) is 0.932. The first kappa shape index (κ1) is 17.2. The van der Waals surface area contributed by atoms with E-state index in [1.54, 1.807) is 0 Å². The van der Waals surface area contributed by atoms with Gasteiger partial charge in [-0.1, -0.05) is 0 Å². The van der Waals surface area contributed by atoms with E-state index in [0.29, 0.717) is 5.69 Å². The van der Waals surface area contributed by atoms with Gasteiger partial charge in [0, 0.05) is 55.9 Å². The van der Waals surface area contributed by atoms with Gasteiger partial charge in [0.05, 0.1) is 0 Å². The Bertz CT molecular complexity index is 784. The third-order valence-electron chi connectivity index (χ3n) is 4.47. The molecule has 0 atom stereocenters. The molecule has 25 heavy (non-hydrogen) atoms. The van der Waals surface area contributed by atoms with Crippen molar-refractivity contribution >= 4 is 5.91 Å². The predicted octanol–water partition coefficient (Wildman–Crippen LogP) is 2.25. The summed E-state index contributed by atoms with van der Waals surface area (Å²) in [4.78, 5) is 24.4. The molecule has 1 aliphatic rings.